The van der Waals surface area contributed by atoms with Crippen molar-refractivity contribution in [3.8, 4) is 0 Å². The van der Waals surface area contributed by atoms with Gasteiger partial charge in [0.2, 0.25) is 10.0 Å². The summed E-state index contributed by atoms with van der Waals surface area (Å²) in [5.74, 6) is 0. The van der Waals surface area contributed by atoms with Gasteiger partial charge >= 0.3 is 0 Å². The first kappa shape index (κ1) is 16.6. The van der Waals surface area contributed by atoms with Crippen molar-refractivity contribution in [3.05, 3.63) is 31.9 Å². The van der Waals surface area contributed by atoms with Crippen molar-refractivity contribution in [2.24, 2.45) is 0 Å². The third kappa shape index (κ3) is 3.51. The van der Waals surface area contributed by atoms with Crippen LogP contribution in [0.1, 0.15) is 21.1 Å². The minimum atomic E-state index is -3.50. The number of hydrogen-bond donors (Lipinski definition) is 1. The third-order valence-corrected chi connectivity index (χ3v) is 7.14. The van der Waals surface area contributed by atoms with Crippen molar-refractivity contribution in [1.29, 1.82) is 0 Å². The maximum absolute atomic E-state index is 12.8. The van der Waals surface area contributed by atoms with Gasteiger partial charge in [0.05, 0.1) is 17.2 Å². The number of rotatable bonds is 6. The van der Waals surface area contributed by atoms with Crippen molar-refractivity contribution < 1.29 is 8.42 Å². The van der Waals surface area contributed by atoms with Crippen LogP contribution in [0.15, 0.2) is 15.7 Å². The zero-order valence-corrected chi connectivity index (χ0v) is 15.0. The molecular formula is C13H19N3O2S3. The van der Waals surface area contributed by atoms with Gasteiger partial charge in [0.1, 0.15) is 4.90 Å². The van der Waals surface area contributed by atoms with Gasteiger partial charge in [-0.15, -0.1) is 22.7 Å². The first-order valence-electron chi connectivity index (χ1n) is 6.45. The molecule has 2 aromatic heterocycles. The lowest BCUT2D eigenvalue weighted by Crippen LogP contribution is -2.28. The summed E-state index contributed by atoms with van der Waals surface area (Å²) < 4.78 is 27.0. The van der Waals surface area contributed by atoms with E-state index >= 15 is 0 Å². The van der Waals surface area contributed by atoms with E-state index in [1.807, 2.05) is 31.7 Å². The summed E-state index contributed by atoms with van der Waals surface area (Å²) in [4.78, 5) is 5.60. The molecule has 21 heavy (non-hydrogen) atoms. The Bertz CT molecular complexity index is 719. The quantitative estimate of drug-likeness (QED) is 0.873. The Labute approximate surface area is 133 Å². The lowest BCUT2D eigenvalue weighted by Gasteiger charge is -2.17. The highest BCUT2D eigenvalue weighted by Gasteiger charge is 2.27. The topological polar surface area (TPSA) is 62.3 Å². The fraction of sp³-hybridized carbons (Fsp3) is 0.462. The van der Waals surface area contributed by atoms with Gasteiger partial charge < -0.3 is 5.32 Å². The lowest BCUT2D eigenvalue weighted by atomic mass is 10.3. The summed E-state index contributed by atoms with van der Waals surface area (Å²) in [5.41, 5.74) is 1.58. The molecule has 0 spiro atoms. The summed E-state index contributed by atoms with van der Waals surface area (Å²) in [7, 11) is -0.0855. The van der Waals surface area contributed by atoms with E-state index in [-0.39, 0.29) is 0 Å². The number of nitrogens with one attached hydrogen (secondary N) is 1. The van der Waals surface area contributed by atoms with E-state index < -0.39 is 10.0 Å². The molecule has 0 fully saturated rings. The monoisotopic (exact) mass is 345 g/mol. The molecule has 2 aromatic rings. The van der Waals surface area contributed by atoms with E-state index in [9.17, 15) is 8.42 Å². The number of nitrogens with zero attached hydrogens (tertiary/aromatic N) is 2. The van der Waals surface area contributed by atoms with E-state index in [2.05, 4.69) is 10.3 Å². The van der Waals surface area contributed by atoms with Crippen molar-refractivity contribution in [3.63, 3.8) is 0 Å². The van der Waals surface area contributed by atoms with Crippen LogP contribution in [0.5, 0.6) is 0 Å². The molecule has 0 amide bonds. The summed E-state index contributed by atoms with van der Waals surface area (Å²) in [5, 5.41) is 7.75. The van der Waals surface area contributed by atoms with Crippen LogP contribution in [0, 0.1) is 13.8 Å². The second-order valence-electron chi connectivity index (χ2n) is 4.82. The Morgan fingerprint density at radius 3 is 2.57 bits per heavy atom. The first-order chi connectivity index (χ1) is 9.86. The van der Waals surface area contributed by atoms with Gasteiger partial charge in [-0.2, -0.15) is 4.31 Å². The molecule has 8 heteroatoms. The van der Waals surface area contributed by atoms with Crippen LogP contribution in [0.4, 0.5) is 0 Å². The van der Waals surface area contributed by atoms with Gasteiger partial charge in [0, 0.05) is 23.8 Å². The van der Waals surface area contributed by atoms with Crippen LogP contribution < -0.4 is 5.32 Å². The largest absolute Gasteiger partial charge is 0.315 e. The molecule has 0 bridgehead atoms. The first-order valence-corrected chi connectivity index (χ1v) is 9.65. The van der Waals surface area contributed by atoms with Crippen LogP contribution in [-0.2, 0) is 23.1 Å². The summed E-state index contributed by atoms with van der Waals surface area (Å²) in [6, 6.07) is 0. The molecule has 0 saturated heterocycles. The van der Waals surface area contributed by atoms with Gasteiger partial charge in [-0.25, -0.2) is 13.4 Å². The van der Waals surface area contributed by atoms with E-state index in [1.165, 1.54) is 27.0 Å². The molecule has 116 valence electrons. The average Bonchev–Trinajstić information content (AvgIpc) is 2.97. The average molecular weight is 346 g/mol. The summed E-state index contributed by atoms with van der Waals surface area (Å²) >= 11 is 3.00. The van der Waals surface area contributed by atoms with Crippen molar-refractivity contribution in [1.82, 2.24) is 14.6 Å². The van der Waals surface area contributed by atoms with Crippen LogP contribution in [0.2, 0.25) is 0 Å². The van der Waals surface area contributed by atoms with Crippen molar-refractivity contribution in [2.45, 2.75) is 31.8 Å². The van der Waals surface area contributed by atoms with Crippen LogP contribution in [-0.4, -0.2) is 31.8 Å². The highest BCUT2D eigenvalue weighted by atomic mass is 32.2. The molecule has 1 N–H and O–H groups in total. The molecule has 0 atom stereocenters. The van der Waals surface area contributed by atoms with Crippen LogP contribution in [0.25, 0.3) is 0 Å². The van der Waals surface area contributed by atoms with Crippen LogP contribution >= 0.6 is 22.7 Å². The Morgan fingerprint density at radius 2 is 2.00 bits per heavy atom. The van der Waals surface area contributed by atoms with Gasteiger partial charge in [-0.05, 0) is 31.8 Å². The van der Waals surface area contributed by atoms with Gasteiger partial charge in [0.25, 0.3) is 0 Å². The smallest absolute Gasteiger partial charge is 0.244 e. The van der Waals surface area contributed by atoms with E-state index in [4.69, 9.17) is 0 Å². The number of sulfonamides is 1. The number of aromatic nitrogens is 1. The molecule has 0 aliphatic carbocycles. The fourth-order valence-electron chi connectivity index (χ4n) is 2.07. The molecular weight excluding hydrogens is 326 g/mol. The lowest BCUT2D eigenvalue weighted by molar-refractivity contribution is 0.462. The molecule has 0 aliphatic heterocycles. The molecule has 0 aliphatic rings. The second-order valence-corrected chi connectivity index (χ2v) is 8.83. The fourth-order valence-corrected chi connectivity index (χ4v) is 5.58. The van der Waals surface area contributed by atoms with Gasteiger partial charge in [0.15, 0.2) is 0 Å². The molecule has 0 aromatic carbocycles. The Balaban J connectivity index is 2.30. The number of thiophene rings is 1. The third-order valence-electron chi connectivity index (χ3n) is 3.05. The summed E-state index contributed by atoms with van der Waals surface area (Å²) in [6.45, 7) is 4.59. The van der Waals surface area contributed by atoms with Crippen LogP contribution in [0.3, 0.4) is 0 Å². The maximum Gasteiger partial charge on any atom is 0.244 e. The van der Waals surface area contributed by atoms with Gasteiger partial charge in [-0.3, -0.25) is 0 Å². The minimum Gasteiger partial charge on any atom is -0.315 e. The molecule has 5 nitrogen and oxygen atoms in total. The van der Waals surface area contributed by atoms with E-state index in [0.29, 0.717) is 18.0 Å². The maximum atomic E-state index is 12.8. The molecule has 2 heterocycles. The number of hydrogen-bond acceptors (Lipinski definition) is 6. The van der Waals surface area contributed by atoms with Gasteiger partial charge in [-0.1, -0.05) is 0 Å². The number of thiazole rings is 1. The highest BCUT2D eigenvalue weighted by molar-refractivity contribution is 7.89. The SMILES string of the molecule is CNCc1scc(C)c1S(=O)(=O)N(C)Cc1csc(C)n1. The summed E-state index contributed by atoms with van der Waals surface area (Å²) in [6.07, 6.45) is 0. The predicted molar refractivity (Wildman–Crippen MR) is 87.3 cm³/mol. The van der Waals surface area contributed by atoms with Crippen molar-refractivity contribution >= 4 is 32.7 Å². The molecule has 0 saturated carbocycles. The van der Waals surface area contributed by atoms with Crippen molar-refractivity contribution in [2.75, 3.05) is 14.1 Å². The zero-order chi connectivity index (χ0) is 15.6. The Hall–Kier alpha value is -0.800. The normalized spacial score (nSPS) is 12.2. The Kier molecular flexibility index (Phi) is 5.15. The predicted octanol–water partition coefficient (Wildman–Crippen LogP) is 2.36. The Morgan fingerprint density at radius 1 is 1.29 bits per heavy atom. The zero-order valence-electron chi connectivity index (χ0n) is 12.5. The molecule has 0 radical (unpaired) electrons. The molecule has 0 unspecified atom stereocenters. The standard InChI is InChI=1S/C13H19N3O2S3/c1-9-7-20-12(5-14-3)13(9)21(17,18)16(4)6-11-8-19-10(2)15-11/h7-8,14H,5-6H2,1-4H3. The minimum absolute atomic E-state index is 0.293. The van der Waals surface area contributed by atoms with E-state index in [0.717, 1.165) is 21.1 Å². The second kappa shape index (κ2) is 6.53. The molecule has 2 rings (SSSR count). The van der Waals surface area contributed by atoms with E-state index in [1.54, 1.807) is 7.05 Å². The number of aryl methyl sites for hydroxylation is 2. The highest BCUT2D eigenvalue weighted by Crippen LogP contribution is 2.29.